The molecule has 0 saturated heterocycles. The molecule has 0 unspecified atom stereocenters. The third kappa shape index (κ3) is 5.10. The molecule has 1 amide bonds. The van der Waals surface area contributed by atoms with Gasteiger partial charge in [0.25, 0.3) is 5.91 Å². The van der Waals surface area contributed by atoms with Crippen molar-refractivity contribution in [3.05, 3.63) is 95.6 Å². The Bertz CT molecular complexity index is 981. The maximum absolute atomic E-state index is 13.0. The Kier molecular flexibility index (Phi) is 7.40. The second-order valence-electron chi connectivity index (χ2n) is 6.90. The zero-order valence-corrected chi connectivity index (χ0v) is 17.6. The molecule has 3 rings (SSSR count). The highest BCUT2D eigenvalue weighted by Gasteiger charge is 2.39. The van der Waals surface area contributed by atoms with Gasteiger partial charge in [-0.1, -0.05) is 67.6 Å². The van der Waals surface area contributed by atoms with Gasteiger partial charge >= 0.3 is 0 Å². The fraction of sp³-hybridized carbons (Fsp3) is 0.200. The maximum Gasteiger partial charge on any atom is 0.281 e. The van der Waals surface area contributed by atoms with E-state index in [1.54, 1.807) is 67.8 Å². The van der Waals surface area contributed by atoms with Crippen LogP contribution in [0.15, 0.2) is 84.0 Å². The first-order valence-electron chi connectivity index (χ1n) is 10.1. The zero-order chi connectivity index (χ0) is 22.1. The van der Waals surface area contributed by atoms with E-state index in [0.29, 0.717) is 34.8 Å². The van der Waals surface area contributed by atoms with Crippen LogP contribution in [0.5, 0.6) is 11.5 Å². The van der Waals surface area contributed by atoms with Gasteiger partial charge in [-0.15, -0.1) is 0 Å². The predicted octanol–water partition coefficient (Wildman–Crippen LogP) is 3.87. The number of aliphatic hydroxyl groups is 1. The van der Waals surface area contributed by atoms with Crippen molar-refractivity contribution in [2.75, 3.05) is 13.7 Å². The molecule has 3 aromatic rings. The van der Waals surface area contributed by atoms with Crippen LogP contribution >= 0.6 is 0 Å². The minimum Gasteiger partial charge on any atom is -0.493 e. The number of hydrogen-bond donors (Lipinski definition) is 2. The molecule has 0 atom stereocenters. The van der Waals surface area contributed by atoms with Crippen LogP contribution in [0.2, 0.25) is 0 Å². The van der Waals surface area contributed by atoms with Crippen LogP contribution in [0, 0.1) is 0 Å². The van der Waals surface area contributed by atoms with Crippen LogP contribution in [-0.2, 0) is 10.4 Å². The van der Waals surface area contributed by atoms with Gasteiger partial charge in [-0.05, 0) is 41.3 Å². The third-order valence-electron chi connectivity index (χ3n) is 4.74. The highest BCUT2D eigenvalue weighted by Crippen LogP contribution is 2.30. The van der Waals surface area contributed by atoms with Crippen LogP contribution in [-0.4, -0.2) is 30.9 Å². The van der Waals surface area contributed by atoms with Crippen molar-refractivity contribution in [3.63, 3.8) is 0 Å². The third-order valence-corrected chi connectivity index (χ3v) is 4.74. The van der Waals surface area contributed by atoms with Crippen molar-refractivity contribution in [1.29, 1.82) is 0 Å². The first kappa shape index (κ1) is 22.1. The Balaban J connectivity index is 1.81. The van der Waals surface area contributed by atoms with E-state index in [-0.39, 0.29) is 0 Å². The fourth-order valence-electron chi connectivity index (χ4n) is 3.13. The van der Waals surface area contributed by atoms with Crippen LogP contribution in [0.25, 0.3) is 0 Å². The number of amides is 1. The summed E-state index contributed by atoms with van der Waals surface area (Å²) in [6.45, 7) is 2.62. The summed E-state index contributed by atoms with van der Waals surface area (Å²) >= 11 is 0. The first-order valence-corrected chi connectivity index (χ1v) is 10.1. The van der Waals surface area contributed by atoms with E-state index in [0.717, 1.165) is 6.42 Å². The Labute approximate surface area is 182 Å². The average Bonchev–Trinajstić information content (AvgIpc) is 2.83. The van der Waals surface area contributed by atoms with Gasteiger partial charge in [-0.2, -0.15) is 5.10 Å². The maximum atomic E-state index is 13.0. The largest absolute Gasteiger partial charge is 0.493 e. The van der Waals surface area contributed by atoms with E-state index in [9.17, 15) is 9.90 Å². The minimum absolute atomic E-state index is 0.452. The number of rotatable bonds is 9. The summed E-state index contributed by atoms with van der Waals surface area (Å²) in [7, 11) is 1.57. The summed E-state index contributed by atoms with van der Waals surface area (Å²) in [6, 6.07) is 22.9. The monoisotopic (exact) mass is 418 g/mol. The van der Waals surface area contributed by atoms with Gasteiger partial charge in [0, 0.05) is 0 Å². The molecule has 6 nitrogen and oxygen atoms in total. The van der Waals surface area contributed by atoms with Crippen LogP contribution < -0.4 is 14.9 Å². The van der Waals surface area contributed by atoms with Gasteiger partial charge in [0.15, 0.2) is 17.1 Å². The summed E-state index contributed by atoms with van der Waals surface area (Å²) in [6.07, 6.45) is 2.38. The van der Waals surface area contributed by atoms with E-state index >= 15 is 0 Å². The average molecular weight is 418 g/mol. The normalized spacial score (nSPS) is 11.3. The molecule has 160 valence electrons. The van der Waals surface area contributed by atoms with E-state index in [2.05, 4.69) is 10.5 Å². The Morgan fingerprint density at radius 1 is 1.00 bits per heavy atom. The molecule has 0 aliphatic heterocycles. The minimum atomic E-state index is -1.88. The summed E-state index contributed by atoms with van der Waals surface area (Å²) in [5.41, 5.74) is 2.20. The number of nitrogens with one attached hydrogen (secondary N) is 1. The lowest BCUT2D eigenvalue weighted by molar-refractivity contribution is -0.136. The fourth-order valence-corrected chi connectivity index (χ4v) is 3.13. The van der Waals surface area contributed by atoms with Gasteiger partial charge < -0.3 is 14.6 Å². The lowest BCUT2D eigenvalue weighted by atomic mass is 9.85. The van der Waals surface area contributed by atoms with Crippen molar-refractivity contribution in [3.8, 4) is 11.5 Å². The molecule has 6 heteroatoms. The molecule has 0 heterocycles. The number of ether oxygens (including phenoxy) is 2. The molecule has 2 N–H and O–H groups in total. The lowest BCUT2D eigenvalue weighted by Gasteiger charge is -2.27. The van der Waals surface area contributed by atoms with Crippen LogP contribution in [0.1, 0.15) is 30.0 Å². The number of hydrogen-bond acceptors (Lipinski definition) is 5. The number of carbonyl (C=O) groups is 1. The Morgan fingerprint density at radius 3 is 2.16 bits per heavy atom. The SMILES string of the molecule is CCCOc1ccc(C=NNC(=O)C(O)(c2ccccc2)c2ccccc2)cc1OC. The van der Waals surface area contributed by atoms with Gasteiger partial charge in [-0.3, -0.25) is 4.79 Å². The van der Waals surface area contributed by atoms with E-state index in [1.807, 2.05) is 25.1 Å². The van der Waals surface area contributed by atoms with Crippen LogP contribution in [0.3, 0.4) is 0 Å². The molecular weight excluding hydrogens is 392 g/mol. The molecule has 0 bridgehead atoms. The summed E-state index contributed by atoms with van der Waals surface area (Å²) < 4.78 is 11.0. The highest BCUT2D eigenvalue weighted by molar-refractivity contribution is 5.91. The predicted molar refractivity (Wildman–Crippen MR) is 120 cm³/mol. The van der Waals surface area contributed by atoms with Crippen molar-refractivity contribution < 1.29 is 19.4 Å². The second-order valence-corrected chi connectivity index (χ2v) is 6.90. The van der Waals surface area contributed by atoms with Gasteiger partial charge in [-0.25, -0.2) is 5.43 Å². The standard InChI is InChI=1S/C25H26N2O4/c1-3-16-31-22-15-14-19(17-23(22)30-2)18-26-27-24(28)25(29,20-10-6-4-7-11-20)21-12-8-5-9-13-21/h4-15,17-18,29H,3,16H2,1-2H3,(H,27,28). The van der Waals surface area contributed by atoms with Crippen molar-refractivity contribution >= 4 is 12.1 Å². The summed E-state index contributed by atoms with van der Waals surface area (Å²) in [5, 5.41) is 15.4. The molecule has 31 heavy (non-hydrogen) atoms. The van der Waals surface area contributed by atoms with Gasteiger partial charge in [0.05, 0.1) is 19.9 Å². The highest BCUT2D eigenvalue weighted by atomic mass is 16.5. The number of nitrogens with zero attached hydrogens (tertiary/aromatic N) is 1. The van der Waals surface area contributed by atoms with E-state index in [1.165, 1.54) is 6.21 Å². The number of methoxy groups -OCH3 is 1. The lowest BCUT2D eigenvalue weighted by Crippen LogP contribution is -2.43. The van der Waals surface area contributed by atoms with Crippen LogP contribution in [0.4, 0.5) is 0 Å². The number of benzene rings is 3. The van der Waals surface area contributed by atoms with Crippen molar-refractivity contribution in [2.24, 2.45) is 5.10 Å². The zero-order valence-electron chi connectivity index (χ0n) is 17.6. The molecule has 0 aromatic heterocycles. The molecule has 0 radical (unpaired) electrons. The smallest absolute Gasteiger partial charge is 0.281 e. The Morgan fingerprint density at radius 2 is 1.61 bits per heavy atom. The van der Waals surface area contributed by atoms with Crippen molar-refractivity contribution in [1.82, 2.24) is 5.43 Å². The number of carbonyl (C=O) groups excluding carboxylic acids is 1. The molecule has 0 aliphatic rings. The molecule has 0 spiro atoms. The summed E-state index contributed by atoms with van der Waals surface area (Å²) in [5.74, 6) is 0.567. The quantitative estimate of drug-likeness (QED) is 0.408. The molecule has 0 saturated carbocycles. The molecular formula is C25H26N2O4. The second kappa shape index (κ2) is 10.4. The Hall–Kier alpha value is -3.64. The first-order chi connectivity index (χ1) is 15.1. The van der Waals surface area contributed by atoms with Gasteiger partial charge in [0.2, 0.25) is 0 Å². The summed E-state index contributed by atoms with van der Waals surface area (Å²) in [4.78, 5) is 13.0. The molecule has 3 aromatic carbocycles. The van der Waals surface area contributed by atoms with Crippen molar-refractivity contribution in [2.45, 2.75) is 18.9 Å². The van der Waals surface area contributed by atoms with Gasteiger partial charge in [0.1, 0.15) is 0 Å². The van der Waals surface area contributed by atoms with E-state index < -0.39 is 11.5 Å². The molecule has 0 aliphatic carbocycles. The van der Waals surface area contributed by atoms with E-state index in [4.69, 9.17) is 9.47 Å². The molecule has 0 fully saturated rings. The topological polar surface area (TPSA) is 80.2 Å². The number of hydrazone groups is 1.